The highest BCUT2D eigenvalue weighted by molar-refractivity contribution is 7.80. The maximum absolute atomic E-state index is 12.3. The number of carbonyl (C=O) groups is 1. The van der Waals surface area contributed by atoms with Gasteiger partial charge in [0.1, 0.15) is 6.04 Å². The van der Waals surface area contributed by atoms with Crippen LogP contribution in [0.4, 0.5) is 11.4 Å². The van der Waals surface area contributed by atoms with Crippen LogP contribution in [0.15, 0.2) is 79.3 Å². The van der Waals surface area contributed by atoms with Crippen LogP contribution in [-0.4, -0.2) is 25.6 Å². The van der Waals surface area contributed by atoms with E-state index in [-0.39, 0.29) is 23.9 Å². The molecule has 1 aliphatic rings. The second-order valence-corrected chi connectivity index (χ2v) is 9.97. The van der Waals surface area contributed by atoms with Crippen molar-refractivity contribution >= 4 is 34.6 Å². The van der Waals surface area contributed by atoms with Crippen LogP contribution in [0.2, 0.25) is 0 Å². The lowest BCUT2D eigenvalue weighted by atomic mass is 10.0. The molecule has 0 aliphatic carbocycles. The lowest BCUT2D eigenvalue weighted by molar-refractivity contribution is -0.118. The molecule has 1 aromatic carbocycles. The Bertz CT molecular complexity index is 1430. The molecule has 0 saturated carbocycles. The lowest BCUT2D eigenvalue weighted by Gasteiger charge is -2.29. The van der Waals surface area contributed by atoms with Gasteiger partial charge in [-0.2, -0.15) is 0 Å². The average molecular weight is 511 g/mol. The van der Waals surface area contributed by atoms with Crippen LogP contribution < -0.4 is 15.5 Å². The highest BCUT2D eigenvalue weighted by atomic mass is 32.1. The highest BCUT2D eigenvalue weighted by Gasteiger charge is 2.42. The third kappa shape index (κ3) is 4.72. The van der Waals surface area contributed by atoms with Gasteiger partial charge >= 0.3 is 0 Å². The molecule has 1 saturated heterocycles. The van der Waals surface area contributed by atoms with E-state index in [0.717, 1.165) is 39.7 Å². The van der Waals surface area contributed by atoms with E-state index < -0.39 is 0 Å². The fraction of sp³-hybridized carbons (Fsp3) is 0.241. The van der Waals surface area contributed by atoms with E-state index in [1.54, 1.807) is 6.20 Å². The number of amides is 1. The number of aromatic nitrogens is 3. The van der Waals surface area contributed by atoms with Gasteiger partial charge in [-0.05, 0) is 86.2 Å². The number of thiocarbonyl (C=S) groups is 1. The molecule has 2 atom stereocenters. The standard InChI is InChI=1S/C29H30N6OS/c1-18(2)28(36)32-23-12-11-21(16-19(23)3)35-27(26(33-29(35)37)24-9-5-6-15-31-24)25-13-10-20(4)34(25)22-8-7-14-30-17-22/h5-18,26-27H,1-4H3,(H,32,36)(H,33,37)/t26-,27+/m0/s1. The van der Waals surface area contributed by atoms with Crippen LogP contribution in [-0.2, 0) is 4.79 Å². The highest BCUT2D eigenvalue weighted by Crippen LogP contribution is 2.43. The van der Waals surface area contributed by atoms with E-state index in [4.69, 9.17) is 12.2 Å². The van der Waals surface area contributed by atoms with Gasteiger partial charge in [0, 0.05) is 41.1 Å². The van der Waals surface area contributed by atoms with Gasteiger partial charge < -0.3 is 20.1 Å². The second kappa shape index (κ2) is 10.1. The van der Waals surface area contributed by atoms with Crippen LogP contribution in [0.3, 0.4) is 0 Å². The molecule has 3 aromatic heterocycles. The number of benzene rings is 1. The largest absolute Gasteiger partial charge is 0.351 e. The van der Waals surface area contributed by atoms with Crippen molar-refractivity contribution in [2.75, 3.05) is 10.2 Å². The summed E-state index contributed by atoms with van der Waals surface area (Å²) in [6.45, 7) is 7.86. The summed E-state index contributed by atoms with van der Waals surface area (Å²) in [5.41, 5.74) is 6.78. The third-order valence-electron chi connectivity index (χ3n) is 6.68. The molecule has 2 N–H and O–H groups in total. The van der Waals surface area contributed by atoms with E-state index >= 15 is 0 Å². The summed E-state index contributed by atoms with van der Waals surface area (Å²) < 4.78 is 2.22. The van der Waals surface area contributed by atoms with Crippen molar-refractivity contribution in [1.29, 1.82) is 0 Å². The smallest absolute Gasteiger partial charge is 0.226 e. The van der Waals surface area contributed by atoms with Crippen LogP contribution >= 0.6 is 12.2 Å². The van der Waals surface area contributed by atoms with Gasteiger partial charge in [0.15, 0.2) is 5.11 Å². The molecule has 1 fully saturated rings. The summed E-state index contributed by atoms with van der Waals surface area (Å²) in [6.07, 6.45) is 5.45. The minimum absolute atomic E-state index is 0.00734. The fourth-order valence-electron chi connectivity index (χ4n) is 4.78. The molecule has 5 rings (SSSR count). The quantitative estimate of drug-likeness (QED) is 0.326. The summed E-state index contributed by atoms with van der Waals surface area (Å²) in [5.74, 6) is -0.103. The Morgan fingerprint density at radius 3 is 2.54 bits per heavy atom. The fourth-order valence-corrected chi connectivity index (χ4v) is 5.12. The van der Waals surface area contributed by atoms with Crippen molar-refractivity contribution in [1.82, 2.24) is 19.9 Å². The van der Waals surface area contributed by atoms with Crippen LogP contribution in [0.25, 0.3) is 5.69 Å². The molecule has 8 heteroatoms. The number of hydrogen-bond donors (Lipinski definition) is 2. The number of nitrogens with one attached hydrogen (secondary N) is 2. The molecule has 37 heavy (non-hydrogen) atoms. The van der Waals surface area contributed by atoms with Crippen molar-refractivity contribution in [2.24, 2.45) is 5.92 Å². The van der Waals surface area contributed by atoms with E-state index in [2.05, 4.69) is 61.3 Å². The monoisotopic (exact) mass is 510 g/mol. The van der Waals surface area contributed by atoms with Crippen molar-refractivity contribution in [3.05, 3.63) is 102 Å². The summed E-state index contributed by atoms with van der Waals surface area (Å²) in [4.78, 5) is 23.5. The molecule has 7 nitrogen and oxygen atoms in total. The van der Waals surface area contributed by atoms with Gasteiger partial charge in [-0.3, -0.25) is 14.8 Å². The van der Waals surface area contributed by atoms with Gasteiger partial charge in [-0.25, -0.2) is 0 Å². The van der Waals surface area contributed by atoms with Crippen molar-refractivity contribution in [2.45, 2.75) is 39.8 Å². The number of aryl methyl sites for hydroxylation is 2. The Morgan fingerprint density at radius 2 is 1.86 bits per heavy atom. The number of pyridine rings is 2. The molecule has 0 radical (unpaired) electrons. The van der Waals surface area contributed by atoms with E-state index in [0.29, 0.717) is 5.11 Å². The number of hydrogen-bond acceptors (Lipinski definition) is 4. The van der Waals surface area contributed by atoms with Crippen LogP contribution in [0.1, 0.15) is 48.6 Å². The number of carbonyl (C=O) groups excluding carboxylic acids is 1. The Morgan fingerprint density at radius 1 is 1.03 bits per heavy atom. The molecule has 4 aromatic rings. The Kier molecular flexibility index (Phi) is 6.76. The average Bonchev–Trinajstić information content (AvgIpc) is 3.45. The van der Waals surface area contributed by atoms with Gasteiger partial charge in [0.2, 0.25) is 5.91 Å². The van der Waals surface area contributed by atoms with Crippen LogP contribution in [0.5, 0.6) is 0 Å². The molecular weight excluding hydrogens is 480 g/mol. The zero-order valence-electron chi connectivity index (χ0n) is 21.3. The van der Waals surface area contributed by atoms with Crippen molar-refractivity contribution < 1.29 is 4.79 Å². The zero-order valence-corrected chi connectivity index (χ0v) is 22.2. The maximum atomic E-state index is 12.3. The van der Waals surface area contributed by atoms with Crippen molar-refractivity contribution in [3.8, 4) is 5.69 Å². The number of rotatable bonds is 6. The second-order valence-electron chi connectivity index (χ2n) is 9.59. The Labute approximate surface area is 222 Å². The van der Waals surface area contributed by atoms with Gasteiger partial charge in [-0.1, -0.05) is 19.9 Å². The molecule has 0 unspecified atom stereocenters. The van der Waals surface area contributed by atoms with E-state index in [1.807, 2.05) is 69.6 Å². The molecule has 0 bridgehead atoms. The normalized spacial score (nSPS) is 17.2. The molecule has 188 valence electrons. The van der Waals surface area contributed by atoms with E-state index in [1.165, 1.54) is 0 Å². The summed E-state index contributed by atoms with van der Waals surface area (Å²) in [7, 11) is 0. The topological polar surface area (TPSA) is 75.1 Å². The molecule has 1 aliphatic heterocycles. The summed E-state index contributed by atoms with van der Waals surface area (Å²) in [6, 6.07) is 19.9. The minimum atomic E-state index is -0.174. The van der Waals surface area contributed by atoms with Crippen molar-refractivity contribution in [3.63, 3.8) is 0 Å². The first-order valence-corrected chi connectivity index (χ1v) is 12.8. The summed E-state index contributed by atoms with van der Waals surface area (Å²) in [5, 5.41) is 7.18. The maximum Gasteiger partial charge on any atom is 0.226 e. The van der Waals surface area contributed by atoms with Crippen LogP contribution in [0, 0.1) is 19.8 Å². The first kappa shape index (κ1) is 24.6. The zero-order chi connectivity index (χ0) is 26.1. The SMILES string of the molecule is Cc1cc(N2C(=S)N[C@@H](c3ccccn3)[C@H]2c2ccc(C)n2-c2cccnc2)ccc1NC(=O)C(C)C. The lowest BCUT2D eigenvalue weighted by Crippen LogP contribution is -2.30. The predicted octanol–water partition coefficient (Wildman–Crippen LogP) is 5.66. The number of anilines is 2. The first-order valence-electron chi connectivity index (χ1n) is 12.4. The number of nitrogens with zero attached hydrogens (tertiary/aromatic N) is 4. The van der Waals surface area contributed by atoms with E-state index in [9.17, 15) is 4.79 Å². The minimum Gasteiger partial charge on any atom is -0.351 e. The Balaban J connectivity index is 1.62. The summed E-state index contributed by atoms with van der Waals surface area (Å²) >= 11 is 5.92. The molecular formula is C29H30N6OS. The van der Waals surface area contributed by atoms with Gasteiger partial charge in [0.05, 0.1) is 23.6 Å². The first-order chi connectivity index (χ1) is 17.8. The molecule has 0 spiro atoms. The van der Waals surface area contributed by atoms with Gasteiger partial charge in [0.25, 0.3) is 0 Å². The third-order valence-corrected chi connectivity index (χ3v) is 7.00. The Hall–Kier alpha value is -4.04. The van der Waals surface area contributed by atoms with Gasteiger partial charge in [-0.15, -0.1) is 0 Å². The predicted molar refractivity (Wildman–Crippen MR) is 151 cm³/mol. The molecule has 1 amide bonds. The molecule has 4 heterocycles.